The third-order valence-corrected chi connectivity index (χ3v) is 4.93. The molecule has 144 valence electrons. The van der Waals surface area contributed by atoms with Gasteiger partial charge in [-0.15, -0.1) is 0 Å². The van der Waals surface area contributed by atoms with Gasteiger partial charge < -0.3 is 15.1 Å². The average Bonchev–Trinajstić information content (AvgIpc) is 3.17. The molecule has 2 heterocycles. The Kier molecular flexibility index (Phi) is 5.70. The fraction of sp³-hybridized carbons (Fsp3) is 0.421. The number of anilines is 1. The minimum Gasteiger partial charge on any atom is -0.333 e. The third-order valence-electron chi connectivity index (χ3n) is 4.70. The molecule has 3 amide bonds. The van der Waals surface area contributed by atoms with Gasteiger partial charge in [-0.05, 0) is 32.0 Å². The molecule has 0 saturated carbocycles. The number of benzene rings is 1. The van der Waals surface area contributed by atoms with Gasteiger partial charge in [0.1, 0.15) is 0 Å². The van der Waals surface area contributed by atoms with Crippen LogP contribution in [0.15, 0.2) is 30.5 Å². The van der Waals surface area contributed by atoms with Gasteiger partial charge in [-0.3, -0.25) is 9.48 Å². The van der Waals surface area contributed by atoms with Crippen molar-refractivity contribution in [1.82, 2.24) is 20.0 Å². The molecule has 27 heavy (non-hydrogen) atoms. The first-order valence-corrected chi connectivity index (χ1v) is 9.35. The lowest BCUT2D eigenvalue weighted by molar-refractivity contribution is -0.117. The van der Waals surface area contributed by atoms with Gasteiger partial charge in [0.2, 0.25) is 5.91 Å². The molecule has 3 rings (SSSR count). The van der Waals surface area contributed by atoms with Crippen molar-refractivity contribution >= 4 is 29.2 Å². The minimum absolute atomic E-state index is 0.0229. The van der Waals surface area contributed by atoms with Crippen molar-refractivity contribution in [2.45, 2.75) is 39.4 Å². The van der Waals surface area contributed by atoms with Gasteiger partial charge in [0.15, 0.2) is 0 Å². The Hall–Kier alpha value is -2.54. The van der Waals surface area contributed by atoms with Crippen LogP contribution in [0.25, 0.3) is 0 Å². The molecule has 1 aromatic carbocycles. The van der Waals surface area contributed by atoms with Crippen LogP contribution < -0.4 is 10.2 Å². The van der Waals surface area contributed by atoms with Gasteiger partial charge in [0, 0.05) is 49.0 Å². The molecule has 7 nitrogen and oxygen atoms in total. The van der Waals surface area contributed by atoms with E-state index >= 15 is 0 Å². The Labute approximate surface area is 163 Å². The van der Waals surface area contributed by atoms with E-state index in [1.54, 1.807) is 29.0 Å². The smallest absolute Gasteiger partial charge is 0.317 e. The molecule has 0 aliphatic carbocycles. The highest BCUT2D eigenvalue weighted by Crippen LogP contribution is 2.24. The predicted molar refractivity (Wildman–Crippen MR) is 105 cm³/mol. The van der Waals surface area contributed by atoms with Gasteiger partial charge in [0.25, 0.3) is 0 Å². The summed E-state index contributed by atoms with van der Waals surface area (Å²) in [6.07, 6.45) is 2.23. The molecule has 0 spiro atoms. The molecule has 1 fully saturated rings. The molecule has 1 aromatic heterocycles. The summed E-state index contributed by atoms with van der Waals surface area (Å²) in [5.41, 5.74) is 2.68. The number of carbonyl (C=O) groups excluding carboxylic acids is 2. The minimum atomic E-state index is -0.231. The lowest BCUT2D eigenvalue weighted by Crippen LogP contribution is -2.44. The Balaban J connectivity index is 1.59. The van der Waals surface area contributed by atoms with E-state index in [-0.39, 0.29) is 24.4 Å². The molecule has 1 saturated heterocycles. The second-order valence-electron chi connectivity index (χ2n) is 6.79. The van der Waals surface area contributed by atoms with Gasteiger partial charge >= 0.3 is 6.03 Å². The zero-order chi connectivity index (χ0) is 19.6. The largest absolute Gasteiger partial charge is 0.333 e. The molecule has 1 N–H and O–H groups in total. The second-order valence-corrected chi connectivity index (χ2v) is 7.22. The van der Waals surface area contributed by atoms with E-state index in [0.717, 1.165) is 23.5 Å². The summed E-state index contributed by atoms with van der Waals surface area (Å²) in [5.74, 6) is -0.0229. The number of rotatable bonds is 5. The van der Waals surface area contributed by atoms with Crippen molar-refractivity contribution in [3.8, 4) is 0 Å². The number of amides is 3. The van der Waals surface area contributed by atoms with Gasteiger partial charge in [-0.1, -0.05) is 17.7 Å². The second kappa shape index (κ2) is 8.00. The van der Waals surface area contributed by atoms with Crippen LogP contribution in [0.2, 0.25) is 5.02 Å². The highest BCUT2D eigenvalue weighted by molar-refractivity contribution is 6.30. The Bertz CT molecular complexity index is 850. The molecule has 1 atom stereocenters. The van der Waals surface area contributed by atoms with Crippen LogP contribution in [0, 0.1) is 6.92 Å². The van der Waals surface area contributed by atoms with Crippen molar-refractivity contribution in [2.24, 2.45) is 0 Å². The van der Waals surface area contributed by atoms with E-state index in [0.29, 0.717) is 18.1 Å². The van der Waals surface area contributed by atoms with Crippen LogP contribution in [0.4, 0.5) is 10.5 Å². The van der Waals surface area contributed by atoms with Crippen LogP contribution >= 0.6 is 11.6 Å². The molecule has 0 unspecified atom stereocenters. The van der Waals surface area contributed by atoms with E-state index in [4.69, 9.17) is 11.6 Å². The molecule has 1 aliphatic heterocycles. The number of halogens is 1. The van der Waals surface area contributed by atoms with Gasteiger partial charge in [-0.2, -0.15) is 5.10 Å². The first kappa shape index (κ1) is 19.2. The lowest BCUT2D eigenvalue weighted by atomic mass is 10.2. The average molecular weight is 390 g/mol. The first-order valence-electron chi connectivity index (χ1n) is 8.98. The maximum atomic E-state index is 12.5. The lowest BCUT2D eigenvalue weighted by Gasteiger charge is -2.21. The zero-order valence-electron chi connectivity index (χ0n) is 15.8. The number of aromatic nitrogens is 2. The third kappa shape index (κ3) is 4.42. The fourth-order valence-corrected chi connectivity index (χ4v) is 3.37. The summed E-state index contributed by atoms with van der Waals surface area (Å²) >= 11 is 6.01. The van der Waals surface area contributed by atoms with Crippen LogP contribution in [0.1, 0.15) is 24.6 Å². The van der Waals surface area contributed by atoms with Crippen LogP contribution in [-0.2, 0) is 17.9 Å². The number of hydrogen-bond acceptors (Lipinski definition) is 3. The monoisotopic (exact) mass is 389 g/mol. The van der Waals surface area contributed by atoms with Crippen LogP contribution in [-0.4, -0.2) is 46.3 Å². The van der Waals surface area contributed by atoms with E-state index in [1.807, 2.05) is 36.9 Å². The van der Waals surface area contributed by atoms with Gasteiger partial charge in [0.05, 0.1) is 18.3 Å². The Morgan fingerprint density at radius 2 is 2.22 bits per heavy atom. The maximum Gasteiger partial charge on any atom is 0.317 e. The van der Waals surface area contributed by atoms with Crippen molar-refractivity contribution in [3.63, 3.8) is 0 Å². The number of carbonyl (C=O) groups is 2. The summed E-state index contributed by atoms with van der Waals surface area (Å²) in [5, 5.41) is 7.93. The van der Waals surface area contributed by atoms with Crippen LogP contribution in [0.3, 0.4) is 0 Å². The molecule has 0 radical (unpaired) electrons. The number of hydrogen-bond donors (Lipinski definition) is 1. The van der Waals surface area contributed by atoms with E-state index in [9.17, 15) is 9.59 Å². The summed E-state index contributed by atoms with van der Waals surface area (Å²) in [4.78, 5) is 28.1. The first-order chi connectivity index (χ1) is 12.9. The number of urea groups is 1. The summed E-state index contributed by atoms with van der Waals surface area (Å²) in [6, 6.07) is 6.74. The highest BCUT2D eigenvalue weighted by atomic mass is 35.5. The van der Waals surface area contributed by atoms with Gasteiger partial charge in [-0.25, -0.2) is 4.79 Å². The Morgan fingerprint density at radius 1 is 1.44 bits per heavy atom. The topological polar surface area (TPSA) is 70.5 Å². The molecule has 8 heteroatoms. The van der Waals surface area contributed by atoms with E-state index < -0.39 is 0 Å². The number of nitrogens with zero attached hydrogens (tertiary/aromatic N) is 4. The quantitative estimate of drug-likeness (QED) is 0.854. The SMILES string of the molecule is CCn1cc(CN(C)C(=O)N[C@H]2CC(=O)N(c3cccc(Cl)c3)C2)c(C)n1. The predicted octanol–water partition coefficient (Wildman–Crippen LogP) is 2.81. The van der Waals surface area contributed by atoms with E-state index in [1.165, 1.54) is 0 Å². The fourth-order valence-electron chi connectivity index (χ4n) is 3.19. The molecule has 0 bridgehead atoms. The Morgan fingerprint density at radius 3 is 2.89 bits per heavy atom. The molecular formula is C19H24ClN5O2. The molecule has 2 aromatic rings. The molecule has 1 aliphatic rings. The van der Waals surface area contributed by atoms with Crippen molar-refractivity contribution in [2.75, 3.05) is 18.5 Å². The van der Waals surface area contributed by atoms with Crippen molar-refractivity contribution in [1.29, 1.82) is 0 Å². The standard InChI is InChI=1S/C19H24ClN5O2/c1-4-24-11-14(13(2)22-24)10-23(3)19(27)21-16-9-18(26)25(12-16)17-7-5-6-15(20)8-17/h5-8,11,16H,4,9-10,12H2,1-3H3,(H,21,27)/t16-/m0/s1. The normalized spacial score (nSPS) is 16.7. The van der Waals surface area contributed by atoms with Crippen LogP contribution in [0.5, 0.6) is 0 Å². The highest BCUT2D eigenvalue weighted by Gasteiger charge is 2.32. The summed E-state index contributed by atoms with van der Waals surface area (Å²) in [7, 11) is 1.74. The summed E-state index contributed by atoms with van der Waals surface area (Å²) < 4.78 is 1.86. The molecular weight excluding hydrogens is 366 g/mol. The van der Waals surface area contributed by atoms with E-state index in [2.05, 4.69) is 10.4 Å². The zero-order valence-corrected chi connectivity index (χ0v) is 16.5. The number of nitrogens with one attached hydrogen (secondary N) is 1. The van der Waals surface area contributed by atoms with Crippen molar-refractivity contribution in [3.05, 3.63) is 46.7 Å². The summed E-state index contributed by atoms with van der Waals surface area (Å²) in [6.45, 7) is 5.66. The van der Waals surface area contributed by atoms with Crippen molar-refractivity contribution < 1.29 is 9.59 Å². The maximum absolute atomic E-state index is 12.5. The number of aryl methyl sites for hydroxylation is 2.